The molecule has 0 amide bonds. The van der Waals surface area contributed by atoms with Crippen molar-refractivity contribution in [3.63, 3.8) is 0 Å². The van der Waals surface area contributed by atoms with Crippen LogP contribution in [0.4, 0.5) is 0 Å². The second-order valence-electron chi connectivity index (χ2n) is 5.14. The Morgan fingerprint density at radius 2 is 2.00 bits per heavy atom. The number of aromatic nitrogens is 1. The predicted octanol–water partition coefficient (Wildman–Crippen LogP) is 2.57. The maximum absolute atomic E-state index is 5.80. The Morgan fingerprint density at radius 3 is 2.47 bits per heavy atom. The molecule has 0 saturated heterocycles. The van der Waals surface area contributed by atoms with E-state index in [1.165, 1.54) is 0 Å². The number of halogens is 1. The molecule has 0 aliphatic rings. The summed E-state index contributed by atoms with van der Waals surface area (Å²) in [6.07, 6.45) is 0. The van der Waals surface area contributed by atoms with Gasteiger partial charge in [0.1, 0.15) is 5.76 Å². The Labute approximate surface area is 132 Å². The van der Waals surface area contributed by atoms with E-state index in [1.54, 1.807) is 0 Å². The molecule has 0 radical (unpaired) electrons. The fourth-order valence-corrected chi connectivity index (χ4v) is 1.89. The number of hydrogen-bond donors (Lipinski definition) is 2. The quantitative estimate of drug-likeness (QED) is 0.468. The first kappa shape index (κ1) is 18.2. The number of nitrogens with two attached hydrogens (primary N) is 1. The normalized spacial score (nSPS) is 13.3. The Morgan fingerprint density at radius 1 is 1.37 bits per heavy atom. The van der Waals surface area contributed by atoms with Crippen molar-refractivity contribution in [1.29, 1.82) is 0 Å². The molecule has 1 aromatic heterocycles. The van der Waals surface area contributed by atoms with E-state index in [2.05, 4.69) is 36.2 Å². The molecule has 1 heterocycles. The van der Waals surface area contributed by atoms with Crippen molar-refractivity contribution in [2.75, 3.05) is 13.1 Å². The minimum Gasteiger partial charge on any atom is -0.370 e. The van der Waals surface area contributed by atoms with Crippen LogP contribution in [0.5, 0.6) is 0 Å². The molecule has 0 bridgehead atoms. The summed E-state index contributed by atoms with van der Waals surface area (Å²) in [5.74, 6) is 2.19. The molecule has 1 aromatic rings. The highest BCUT2D eigenvalue weighted by Crippen LogP contribution is 2.22. The minimum atomic E-state index is 0. The van der Waals surface area contributed by atoms with Gasteiger partial charge in [0.15, 0.2) is 5.96 Å². The van der Waals surface area contributed by atoms with Gasteiger partial charge in [0.05, 0.1) is 5.69 Å². The zero-order valence-electron chi connectivity index (χ0n) is 12.4. The summed E-state index contributed by atoms with van der Waals surface area (Å²) in [6, 6.07) is 0. The van der Waals surface area contributed by atoms with E-state index >= 15 is 0 Å². The minimum absolute atomic E-state index is 0. The van der Waals surface area contributed by atoms with Crippen molar-refractivity contribution < 1.29 is 4.52 Å². The van der Waals surface area contributed by atoms with Crippen LogP contribution in [0, 0.1) is 19.8 Å². The second-order valence-corrected chi connectivity index (χ2v) is 5.14. The van der Waals surface area contributed by atoms with Crippen molar-refractivity contribution in [2.45, 2.75) is 40.5 Å². The van der Waals surface area contributed by atoms with Gasteiger partial charge in [0.25, 0.3) is 0 Å². The fourth-order valence-electron chi connectivity index (χ4n) is 1.89. The third-order valence-electron chi connectivity index (χ3n) is 2.80. The lowest BCUT2D eigenvalue weighted by Gasteiger charge is -2.13. The van der Waals surface area contributed by atoms with Gasteiger partial charge in [-0.15, -0.1) is 24.0 Å². The Balaban J connectivity index is 0.00000324. The Hall–Kier alpha value is -0.790. The molecule has 0 fully saturated rings. The summed E-state index contributed by atoms with van der Waals surface area (Å²) < 4.78 is 5.16. The van der Waals surface area contributed by atoms with E-state index in [0.29, 0.717) is 17.8 Å². The summed E-state index contributed by atoms with van der Waals surface area (Å²) in [6.45, 7) is 11.7. The lowest BCUT2D eigenvalue weighted by molar-refractivity contribution is 0.391. The molecule has 0 aliphatic heterocycles. The van der Waals surface area contributed by atoms with Crippen LogP contribution in [0.15, 0.2) is 9.52 Å². The zero-order chi connectivity index (χ0) is 13.7. The van der Waals surface area contributed by atoms with Gasteiger partial charge in [0, 0.05) is 24.6 Å². The number of guanidine groups is 1. The lowest BCUT2D eigenvalue weighted by Crippen LogP contribution is -2.34. The third kappa shape index (κ3) is 5.80. The molecule has 0 saturated carbocycles. The molecular formula is C13H25IN4O. The molecule has 1 atom stereocenters. The van der Waals surface area contributed by atoms with E-state index in [0.717, 1.165) is 30.1 Å². The van der Waals surface area contributed by atoms with E-state index in [9.17, 15) is 0 Å². The molecule has 3 N–H and O–H groups in total. The van der Waals surface area contributed by atoms with Gasteiger partial charge in [-0.25, -0.2) is 0 Å². The van der Waals surface area contributed by atoms with Gasteiger partial charge in [-0.3, -0.25) is 4.99 Å². The van der Waals surface area contributed by atoms with E-state index in [-0.39, 0.29) is 24.0 Å². The summed E-state index contributed by atoms with van der Waals surface area (Å²) in [7, 11) is 0. The number of aliphatic imine (C=N–C) groups is 1. The highest BCUT2D eigenvalue weighted by Gasteiger charge is 2.16. The van der Waals surface area contributed by atoms with Gasteiger partial charge in [0.2, 0.25) is 0 Å². The van der Waals surface area contributed by atoms with Crippen molar-refractivity contribution in [2.24, 2.45) is 16.6 Å². The van der Waals surface area contributed by atoms with Gasteiger partial charge >= 0.3 is 0 Å². The molecule has 6 heteroatoms. The molecular weight excluding hydrogens is 355 g/mol. The van der Waals surface area contributed by atoms with Crippen LogP contribution >= 0.6 is 24.0 Å². The van der Waals surface area contributed by atoms with Gasteiger partial charge in [-0.2, -0.15) is 0 Å². The average Bonchev–Trinajstić information content (AvgIpc) is 2.63. The van der Waals surface area contributed by atoms with E-state index in [4.69, 9.17) is 10.3 Å². The second kappa shape index (κ2) is 8.39. The lowest BCUT2D eigenvalue weighted by atomic mass is 10.00. The summed E-state index contributed by atoms with van der Waals surface area (Å²) >= 11 is 0. The Kier molecular flexibility index (Phi) is 8.05. The summed E-state index contributed by atoms with van der Waals surface area (Å²) in [4.78, 5) is 4.27. The number of nitrogens with one attached hydrogen (secondary N) is 1. The van der Waals surface area contributed by atoms with Crippen LogP contribution in [-0.2, 0) is 0 Å². The first-order valence-electron chi connectivity index (χ1n) is 6.38. The van der Waals surface area contributed by atoms with Crippen LogP contribution in [-0.4, -0.2) is 24.2 Å². The van der Waals surface area contributed by atoms with Gasteiger partial charge in [-0.1, -0.05) is 25.9 Å². The maximum atomic E-state index is 5.80. The standard InChI is InChI=1S/C13H24N4O.HI/c1-8(2)6-15-13(14)16-7-9(3)12-10(4)17-18-11(12)5;/h8-9H,6-7H2,1-5H3,(H3,14,15,16);1H. The number of hydrogen-bond acceptors (Lipinski definition) is 3. The monoisotopic (exact) mass is 380 g/mol. The van der Waals surface area contributed by atoms with Crippen LogP contribution in [0.2, 0.25) is 0 Å². The molecule has 5 nitrogen and oxygen atoms in total. The van der Waals surface area contributed by atoms with Crippen molar-refractivity contribution in [3.8, 4) is 0 Å². The molecule has 19 heavy (non-hydrogen) atoms. The molecule has 110 valence electrons. The smallest absolute Gasteiger partial charge is 0.188 e. The highest BCUT2D eigenvalue weighted by atomic mass is 127. The summed E-state index contributed by atoms with van der Waals surface area (Å²) in [5.41, 5.74) is 7.90. The molecule has 0 aliphatic carbocycles. The first-order chi connectivity index (χ1) is 8.41. The maximum Gasteiger partial charge on any atom is 0.188 e. The largest absolute Gasteiger partial charge is 0.370 e. The number of nitrogens with zero attached hydrogens (tertiary/aromatic N) is 2. The van der Waals surface area contributed by atoms with Crippen molar-refractivity contribution in [3.05, 3.63) is 17.0 Å². The van der Waals surface area contributed by atoms with Crippen LogP contribution in [0.25, 0.3) is 0 Å². The van der Waals surface area contributed by atoms with Crippen molar-refractivity contribution in [1.82, 2.24) is 10.5 Å². The number of aryl methyl sites for hydroxylation is 2. The third-order valence-corrected chi connectivity index (χ3v) is 2.80. The van der Waals surface area contributed by atoms with Crippen molar-refractivity contribution >= 4 is 29.9 Å². The topological polar surface area (TPSA) is 76.4 Å². The predicted molar refractivity (Wildman–Crippen MR) is 89.1 cm³/mol. The summed E-state index contributed by atoms with van der Waals surface area (Å²) in [5, 5.41) is 7.10. The SMILES string of the molecule is Cc1noc(C)c1C(C)CNC(N)=NCC(C)C.I. The first-order valence-corrected chi connectivity index (χ1v) is 6.38. The zero-order valence-corrected chi connectivity index (χ0v) is 14.7. The van der Waals surface area contributed by atoms with E-state index < -0.39 is 0 Å². The highest BCUT2D eigenvalue weighted by molar-refractivity contribution is 14.0. The van der Waals surface area contributed by atoms with Crippen LogP contribution in [0.1, 0.15) is 43.7 Å². The Bertz CT molecular complexity index is 395. The molecule has 1 unspecified atom stereocenters. The van der Waals surface area contributed by atoms with Gasteiger partial charge in [-0.05, 0) is 19.8 Å². The fraction of sp³-hybridized carbons (Fsp3) is 0.692. The van der Waals surface area contributed by atoms with Gasteiger partial charge < -0.3 is 15.6 Å². The molecule has 1 rings (SSSR count). The number of rotatable bonds is 5. The van der Waals surface area contributed by atoms with Crippen LogP contribution in [0.3, 0.4) is 0 Å². The molecule has 0 aromatic carbocycles. The van der Waals surface area contributed by atoms with Crippen LogP contribution < -0.4 is 11.1 Å². The molecule has 0 spiro atoms. The average molecular weight is 380 g/mol. The van der Waals surface area contributed by atoms with E-state index in [1.807, 2.05) is 13.8 Å².